The Morgan fingerprint density at radius 1 is 1.45 bits per heavy atom. The number of phenolic OH excluding ortho intramolecular Hbond substituents is 1. The fourth-order valence-corrected chi connectivity index (χ4v) is 1.62. The molecule has 1 unspecified atom stereocenters. The summed E-state index contributed by atoms with van der Waals surface area (Å²) in [5, 5.41) is 21.6. The first-order chi connectivity index (χ1) is 9.35. The van der Waals surface area contributed by atoms with Crippen LogP contribution in [0.4, 0.5) is 0 Å². The first-order valence-electron chi connectivity index (χ1n) is 6.05. The largest absolute Gasteiger partial charge is 0.504 e. The Hall–Kier alpha value is -2.43. The maximum absolute atomic E-state index is 11.3. The van der Waals surface area contributed by atoms with Gasteiger partial charge in [0.05, 0.1) is 7.11 Å². The second kappa shape index (κ2) is 6.65. The van der Waals surface area contributed by atoms with Crippen molar-refractivity contribution in [1.29, 1.82) is 0 Å². The van der Waals surface area contributed by atoms with Gasteiger partial charge in [-0.1, -0.05) is 19.2 Å². The van der Waals surface area contributed by atoms with Crippen molar-refractivity contribution < 1.29 is 19.7 Å². The molecule has 1 aromatic rings. The monoisotopic (exact) mass is 277 g/mol. The molecule has 20 heavy (non-hydrogen) atoms. The van der Waals surface area contributed by atoms with Crippen molar-refractivity contribution in [2.45, 2.75) is 19.4 Å². The van der Waals surface area contributed by atoms with Crippen molar-refractivity contribution in [3.8, 4) is 11.5 Å². The highest BCUT2D eigenvalue weighted by molar-refractivity contribution is 5.74. The maximum Gasteiger partial charge on any atom is 0.326 e. The van der Waals surface area contributed by atoms with Gasteiger partial charge in [-0.3, -0.25) is 0 Å². The number of allylic oxidation sites excluding steroid dienone is 1. The number of benzene rings is 1. The zero-order valence-corrected chi connectivity index (χ0v) is 11.6. The van der Waals surface area contributed by atoms with Crippen LogP contribution in [-0.2, 0) is 11.2 Å². The van der Waals surface area contributed by atoms with Gasteiger partial charge in [-0.15, -0.1) is 0 Å². The molecule has 0 bridgehead atoms. The Morgan fingerprint density at radius 2 is 2.10 bits per heavy atom. The summed E-state index contributed by atoms with van der Waals surface area (Å²) in [4.78, 5) is 11.3. The zero-order valence-electron chi connectivity index (χ0n) is 11.6. The number of carboxylic acid groups (broad SMARTS) is 1. The summed E-state index contributed by atoms with van der Waals surface area (Å²) in [6.07, 6.45) is 0.234. The molecule has 0 radical (unpaired) electrons. The van der Waals surface area contributed by atoms with E-state index in [0.717, 1.165) is 5.56 Å². The first-order valence-corrected chi connectivity index (χ1v) is 6.05. The van der Waals surface area contributed by atoms with Crippen LogP contribution < -0.4 is 10.1 Å². The number of nitrogens with one attached hydrogen (secondary N) is 1. The predicted octanol–water partition coefficient (Wildman–Crippen LogP) is 2.08. The number of carbonyl (C=O) groups is 1. The van der Waals surface area contributed by atoms with E-state index < -0.39 is 12.0 Å². The molecule has 108 valence electrons. The lowest BCUT2D eigenvalue weighted by Crippen LogP contribution is -2.37. The summed E-state index contributed by atoms with van der Waals surface area (Å²) in [6.45, 7) is 9.18. The highest BCUT2D eigenvalue weighted by atomic mass is 16.5. The van der Waals surface area contributed by atoms with Crippen molar-refractivity contribution in [3.05, 3.63) is 48.2 Å². The van der Waals surface area contributed by atoms with Gasteiger partial charge >= 0.3 is 5.97 Å². The van der Waals surface area contributed by atoms with E-state index in [1.165, 1.54) is 13.2 Å². The third-order valence-corrected chi connectivity index (χ3v) is 2.85. The lowest BCUT2D eigenvalue weighted by Gasteiger charge is -2.18. The molecule has 5 heteroatoms. The van der Waals surface area contributed by atoms with Gasteiger partial charge in [0.25, 0.3) is 0 Å². The quantitative estimate of drug-likeness (QED) is 0.665. The lowest BCUT2D eigenvalue weighted by molar-refractivity contribution is -0.139. The number of aromatic hydroxyl groups is 1. The summed E-state index contributed by atoms with van der Waals surface area (Å²) in [6, 6.07) is 3.91. The van der Waals surface area contributed by atoms with Crippen LogP contribution in [0.25, 0.3) is 0 Å². The fraction of sp³-hybridized carbons (Fsp3) is 0.267. The Balaban J connectivity index is 2.88. The number of aliphatic carboxylic acids is 1. The molecular formula is C15H19NO4. The van der Waals surface area contributed by atoms with Crippen molar-refractivity contribution in [1.82, 2.24) is 5.32 Å². The molecule has 0 aliphatic heterocycles. The van der Waals surface area contributed by atoms with E-state index >= 15 is 0 Å². The van der Waals surface area contributed by atoms with Crippen LogP contribution in [0.2, 0.25) is 0 Å². The summed E-state index contributed by atoms with van der Waals surface area (Å²) in [7, 11) is 1.44. The van der Waals surface area contributed by atoms with Gasteiger partial charge in [-0.25, -0.2) is 4.79 Å². The summed E-state index contributed by atoms with van der Waals surface area (Å²) >= 11 is 0. The topological polar surface area (TPSA) is 78.8 Å². The smallest absolute Gasteiger partial charge is 0.326 e. The molecule has 1 aromatic carbocycles. The Bertz CT molecular complexity index is 537. The molecule has 1 rings (SSSR count). The molecule has 0 aromatic heterocycles. The third kappa shape index (κ3) is 4.05. The van der Waals surface area contributed by atoms with Crippen LogP contribution >= 0.6 is 0 Å². The summed E-state index contributed by atoms with van der Waals surface area (Å²) < 4.78 is 5.00. The van der Waals surface area contributed by atoms with Crippen LogP contribution in [0.1, 0.15) is 12.5 Å². The molecule has 5 nitrogen and oxygen atoms in total. The van der Waals surface area contributed by atoms with Crippen molar-refractivity contribution in [2.75, 3.05) is 7.11 Å². The molecule has 0 saturated heterocycles. The van der Waals surface area contributed by atoms with E-state index in [4.69, 9.17) is 4.74 Å². The Labute approximate surface area is 118 Å². The Kier molecular flexibility index (Phi) is 5.20. The molecule has 0 spiro atoms. The molecule has 0 aliphatic rings. The summed E-state index contributed by atoms with van der Waals surface area (Å²) in [5.41, 5.74) is 1.90. The van der Waals surface area contributed by atoms with Crippen LogP contribution in [0.3, 0.4) is 0 Å². The first kappa shape index (κ1) is 15.6. The maximum atomic E-state index is 11.3. The van der Waals surface area contributed by atoms with Gasteiger partial charge in [0.2, 0.25) is 0 Å². The SMILES string of the molecule is C=C(C)C(=C)NC(Cc1ccc(O)c(OC)c1)C(=O)O. The van der Waals surface area contributed by atoms with Crippen LogP contribution in [0.15, 0.2) is 42.6 Å². The van der Waals surface area contributed by atoms with E-state index in [1.807, 2.05) is 0 Å². The standard InChI is InChI=1S/C15H19NO4/c1-9(2)10(3)16-12(15(18)19)7-11-5-6-13(17)14(8-11)20-4/h5-6,8,12,16-17H,1,3,7H2,2,4H3,(H,18,19). The number of hydrogen-bond acceptors (Lipinski definition) is 4. The van der Waals surface area contributed by atoms with Gasteiger partial charge in [0.1, 0.15) is 6.04 Å². The molecule has 0 fully saturated rings. The second-order valence-electron chi connectivity index (χ2n) is 4.50. The van der Waals surface area contributed by atoms with Crippen LogP contribution in [0, 0.1) is 0 Å². The average molecular weight is 277 g/mol. The van der Waals surface area contributed by atoms with E-state index in [2.05, 4.69) is 18.5 Å². The van der Waals surface area contributed by atoms with E-state index in [-0.39, 0.29) is 12.2 Å². The molecule has 0 amide bonds. The average Bonchev–Trinajstić information content (AvgIpc) is 2.39. The minimum Gasteiger partial charge on any atom is -0.504 e. The molecule has 0 saturated carbocycles. The summed E-state index contributed by atoms with van der Waals surface area (Å²) in [5.74, 6) is -0.660. The van der Waals surface area contributed by atoms with Gasteiger partial charge in [-0.2, -0.15) is 0 Å². The minimum atomic E-state index is -0.987. The van der Waals surface area contributed by atoms with Crippen molar-refractivity contribution >= 4 is 5.97 Å². The Morgan fingerprint density at radius 3 is 2.60 bits per heavy atom. The molecule has 0 heterocycles. The lowest BCUT2D eigenvalue weighted by atomic mass is 10.0. The highest BCUT2D eigenvalue weighted by Gasteiger charge is 2.19. The highest BCUT2D eigenvalue weighted by Crippen LogP contribution is 2.26. The van der Waals surface area contributed by atoms with E-state index in [0.29, 0.717) is 17.0 Å². The van der Waals surface area contributed by atoms with Crippen LogP contribution in [0.5, 0.6) is 11.5 Å². The third-order valence-electron chi connectivity index (χ3n) is 2.85. The van der Waals surface area contributed by atoms with Gasteiger partial charge in [-0.05, 0) is 30.2 Å². The predicted molar refractivity (Wildman–Crippen MR) is 76.9 cm³/mol. The fourth-order valence-electron chi connectivity index (χ4n) is 1.62. The molecule has 1 atom stereocenters. The number of carboxylic acids is 1. The number of methoxy groups -OCH3 is 1. The van der Waals surface area contributed by atoms with Gasteiger partial charge < -0.3 is 20.3 Å². The minimum absolute atomic E-state index is 0.0161. The number of hydrogen-bond donors (Lipinski definition) is 3. The number of ether oxygens (including phenoxy) is 1. The second-order valence-corrected chi connectivity index (χ2v) is 4.50. The molecular weight excluding hydrogens is 258 g/mol. The van der Waals surface area contributed by atoms with E-state index in [1.54, 1.807) is 19.1 Å². The van der Waals surface area contributed by atoms with Gasteiger partial charge in [0, 0.05) is 12.1 Å². The van der Waals surface area contributed by atoms with Crippen LogP contribution in [-0.4, -0.2) is 29.3 Å². The zero-order chi connectivity index (χ0) is 15.3. The van der Waals surface area contributed by atoms with Gasteiger partial charge in [0.15, 0.2) is 11.5 Å². The van der Waals surface area contributed by atoms with Crippen molar-refractivity contribution in [3.63, 3.8) is 0 Å². The molecule has 0 aliphatic carbocycles. The number of phenols is 1. The molecule has 3 N–H and O–H groups in total. The van der Waals surface area contributed by atoms with E-state index in [9.17, 15) is 15.0 Å². The normalized spacial score (nSPS) is 11.5. The number of rotatable bonds is 7. The van der Waals surface area contributed by atoms with Crippen molar-refractivity contribution in [2.24, 2.45) is 0 Å².